The van der Waals surface area contributed by atoms with Gasteiger partial charge in [-0.05, 0) is 45.4 Å². The summed E-state index contributed by atoms with van der Waals surface area (Å²) in [5, 5.41) is 21.1. The summed E-state index contributed by atoms with van der Waals surface area (Å²) in [7, 11) is 0. The van der Waals surface area contributed by atoms with Crippen molar-refractivity contribution in [1.82, 2.24) is 0 Å². The standard InChI is InChI=1S/C16H20N2O5/c1-15(2,3)23-14(20)18-12-7-5-11(6-8-12)16(4,21)13(19)22-10-9-17/h5-8,21H,10H2,1-4H3,(H,18,20). The Labute approximate surface area is 134 Å². The average Bonchev–Trinajstić information content (AvgIpc) is 2.43. The zero-order valence-corrected chi connectivity index (χ0v) is 13.5. The lowest BCUT2D eigenvalue weighted by molar-refractivity contribution is -0.163. The summed E-state index contributed by atoms with van der Waals surface area (Å²) in [6.07, 6.45) is -0.606. The summed E-state index contributed by atoms with van der Waals surface area (Å²) in [5.74, 6) is -0.924. The van der Waals surface area contributed by atoms with Crippen LogP contribution in [0.25, 0.3) is 0 Å². The van der Waals surface area contributed by atoms with Crippen molar-refractivity contribution in [2.45, 2.75) is 38.9 Å². The predicted octanol–water partition coefficient (Wildman–Crippen LogP) is 2.31. The molecule has 0 saturated heterocycles. The van der Waals surface area contributed by atoms with E-state index in [-0.39, 0.29) is 5.56 Å². The number of hydrogen-bond donors (Lipinski definition) is 2. The van der Waals surface area contributed by atoms with E-state index >= 15 is 0 Å². The topological polar surface area (TPSA) is 109 Å². The lowest BCUT2D eigenvalue weighted by Gasteiger charge is -2.22. The van der Waals surface area contributed by atoms with Crippen LogP contribution >= 0.6 is 0 Å². The Morgan fingerprint density at radius 1 is 1.22 bits per heavy atom. The van der Waals surface area contributed by atoms with E-state index < -0.39 is 29.9 Å². The van der Waals surface area contributed by atoms with Crippen molar-refractivity contribution in [3.63, 3.8) is 0 Å². The predicted molar refractivity (Wildman–Crippen MR) is 82.4 cm³/mol. The monoisotopic (exact) mass is 320 g/mol. The first-order valence-electron chi connectivity index (χ1n) is 6.93. The first kappa shape index (κ1) is 18.5. The second kappa shape index (κ2) is 7.11. The Hall–Kier alpha value is -2.59. The van der Waals surface area contributed by atoms with Gasteiger partial charge in [-0.3, -0.25) is 5.32 Å². The van der Waals surface area contributed by atoms with Gasteiger partial charge in [0.15, 0.2) is 12.2 Å². The van der Waals surface area contributed by atoms with Crippen LogP contribution in [-0.4, -0.2) is 29.4 Å². The van der Waals surface area contributed by atoms with Crippen LogP contribution in [0.1, 0.15) is 33.3 Å². The number of benzene rings is 1. The number of anilines is 1. The van der Waals surface area contributed by atoms with Crippen molar-refractivity contribution < 1.29 is 24.2 Å². The summed E-state index contributed by atoms with van der Waals surface area (Å²) in [5.41, 5.74) is -1.78. The Kier molecular flexibility index (Phi) is 5.71. The highest BCUT2D eigenvalue weighted by atomic mass is 16.6. The molecule has 0 aliphatic heterocycles. The van der Waals surface area contributed by atoms with Crippen LogP contribution in [0.4, 0.5) is 10.5 Å². The van der Waals surface area contributed by atoms with E-state index in [4.69, 9.17) is 10.00 Å². The Morgan fingerprint density at radius 3 is 2.26 bits per heavy atom. The number of nitriles is 1. The molecule has 0 radical (unpaired) electrons. The second-order valence-corrected chi connectivity index (χ2v) is 6.01. The molecule has 1 rings (SSSR count). The van der Waals surface area contributed by atoms with Gasteiger partial charge in [-0.1, -0.05) is 12.1 Å². The fraction of sp³-hybridized carbons (Fsp3) is 0.438. The Morgan fingerprint density at radius 2 is 1.78 bits per heavy atom. The third-order valence-electron chi connectivity index (χ3n) is 2.76. The number of hydrogen-bond acceptors (Lipinski definition) is 6. The molecule has 23 heavy (non-hydrogen) atoms. The first-order valence-corrected chi connectivity index (χ1v) is 6.93. The fourth-order valence-corrected chi connectivity index (χ4v) is 1.66. The van der Waals surface area contributed by atoms with E-state index in [1.165, 1.54) is 31.2 Å². The molecule has 0 aromatic heterocycles. The molecule has 0 fully saturated rings. The molecule has 0 aliphatic carbocycles. The highest BCUT2D eigenvalue weighted by Gasteiger charge is 2.34. The van der Waals surface area contributed by atoms with Crippen LogP contribution < -0.4 is 5.32 Å². The Balaban J connectivity index is 2.78. The smallest absolute Gasteiger partial charge is 0.412 e. The number of nitrogens with one attached hydrogen (secondary N) is 1. The lowest BCUT2D eigenvalue weighted by Crippen LogP contribution is -2.34. The maximum absolute atomic E-state index is 11.7. The number of nitrogens with zero attached hydrogens (tertiary/aromatic N) is 1. The normalized spacial score (nSPS) is 13.4. The molecule has 0 saturated carbocycles. The molecule has 0 spiro atoms. The summed E-state index contributed by atoms with van der Waals surface area (Å²) in [6.45, 7) is 6.08. The minimum Gasteiger partial charge on any atom is -0.448 e. The number of aliphatic hydroxyl groups is 1. The number of amides is 1. The van der Waals surface area contributed by atoms with Gasteiger partial charge in [0, 0.05) is 5.69 Å². The van der Waals surface area contributed by atoms with Crippen molar-refractivity contribution in [2.24, 2.45) is 0 Å². The molecule has 7 heteroatoms. The average molecular weight is 320 g/mol. The first-order chi connectivity index (χ1) is 10.6. The van der Waals surface area contributed by atoms with Gasteiger partial charge in [0.25, 0.3) is 0 Å². The van der Waals surface area contributed by atoms with E-state index in [1.54, 1.807) is 26.8 Å². The van der Waals surface area contributed by atoms with Gasteiger partial charge in [-0.15, -0.1) is 0 Å². The van der Waals surface area contributed by atoms with Crippen LogP contribution in [0.15, 0.2) is 24.3 Å². The summed E-state index contributed by atoms with van der Waals surface area (Å²) < 4.78 is 9.74. The molecule has 1 amide bonds. The molecule has 2 N–H and O–H groups in total. The van der Waals surface area contributed by atoms with E-state index in [2.05, 4.69) is 10.1 Å². The van der Waals surface area contributed by atoms with Crippen LogP contribution in [0.5, 0.6) is 0 Å². The van der Waals surface area contributed by atoms with Gasteiger partial charge in [0.1, 0.15) is 11.7 Å². The van der Waals surface area contributed by atoms with E-state index in [0.717, 1.165) is 0 Å². The van der Waals surface area contributed by atoms with Gasteiger partial charge < -0.3 is 14.6 Å². The largest absolute Gasteiger partial charge is 0.448 e. The summed E-state index contributed by atoms with van der Waals surface area (Å²) >= 11 is 0. The SMILES string of the molecule is CC(C)(C)OC(=O)Nc1ccc(C(C)(O)C(=O)OCC#N)cc1. The fourth-order valence-electron chi connectivity index (χ4n) is 1.66. The molecule has 1 unspecified atom stereocenters. The van der Waals surface area contributed by atoms with Gasteiger partial charge in [0.05, 0.1) is 0 Å². The van der Waals surface area contributed by atoms with Crippen LogP contribution in [0.2, 0.25) is 0 Å². The molecule has 0 heterocycles. The zero-order chi connectivity index (χ0) is 17.7. The zero-order valence-electron chi connectivity index (χ0n) is 13.5. The third-order valence-corrected chi connectivity index (χ3v) is 2.76. The number of rotatable bonds is 4. The number of esters is 1. The minimum atomic E-state index is -1.89. The summed E-state index contributed by atoms with van der Waals surface area (Å²) in [6, 6.07) is 7.64. The van der Waals surface area contributed by atoms with E-state index in [0.29, 0.717) is 5.69 Å². The van der Waals surface area contributed by atoms with Gasteiger partial charge in [0.2, 0.25) is 0 Å². The van der Waals surface area contributed by atoms with Crippen molar-refractivity contribution in [3.05, 3.63) is 29.8 Å². The van der Waals surface area contributed by atoms with Crippen LogP contribution in [-0.2, 0) is 19.9 Å². The van der Waals surface area contributed by atoms with Crippen LogP contribution in [0, 0.1) is 11.3 Å². The molecule has 0 aliphatic rings. The maximum Gasteiger partial charge on any atom is 0.412 e. The maximum atomic E-state index is 11.7. The molecule has 7 nitrogen and oxygen atoms in total. The van der Waals surface area contributed by atoms with E-state index in [1.807, 2.05) is 0 Å². The lowest BCUT2D eigenvalue weighted by atomic mass is 9.96. The van der Waals surface area contributed by atoms with Gasteiger partial charge in [-0.2, -0.15) is 5.26 Å². The van der Waals surface area contributed by atoms with Crippen molar-refractivity contribution in [2.75, 3.05) is 11.9 Å². The van der Waals surface area contributed by atoms with E-state index in [9.17, 15) is 14.7 Å². The van der Waals surface area contributed by atoms with Crippen LogP contribution in [0.3, 0.4) is 0 Å². The van der Waals surface area contributed by atoms with Gasteiger partial charge >= 0.3 is 12.1 Å². The quantitative estimate of drug-likeness (QED) is 0.824. The third kappa shape index (κ3) is 5.60. The van der Waals surface area contributed by atoms with Crippen molar-refractivity contribution in [3.8, 4) is 6.07 Å². The molecular formula is C16H20N2O5. The number of carbonyl (C=O) groups excluding carboxylic acids is 2. The van der Waals surface area contributed by atoms with Crippen molar-refractivity contribution >= 4 is 17.7 Å². The second-order valence-electron chi connectivity index (χ2n) is 6.01. The minimum absolute atomic E-state index is 0.273. The van der Waals surface area contributed by atoms with Crippen molar-refractivity contribution in [1.29, 1.82) is 5.26 Å². The molecule has 1 aromatic carbocycles. The molecule has 0 bridgehead atoms. The molecule has 1 aromatic rings. The molecule has 124 valence electrons. The van der Waals surface area contributed by atoms with Gasteiger partial charge in [-0.25, -0.2) is 9.59 Å². The Bertz CT molecular complexity index is 609. The number of carbonyl (C=O) groups is 2. The number of ether oxygens (including phenoxy) is 2. The summed E-state index contributed by atoms with van der Waals surface area (Å²) in [4.78, 5) is 23.4. The molecular weight excluding hydrogens is 300 g/mol. The molecule has 1 atom stereocenters. The highest BCUT2D eigenvalue weighted by molar-refractivity contribution is 5.85. The highest BCUT2D eigenvalue weighted by Crippen LogP contribution is 2.24.